The average Bonchev–Trinajstić information content (AvgIpc) is 3.82. The van der Waals surface area contributed by atoms with Gasteiger partial charge in [0, 0.05) is 60.6 Å². The Morgan fingerprint density at radius 1 is 1.04 bits per heavy atom. The van der Waals surface area contributed by atoms with Crippen LogP contribution in [0.15, 0.2) is 82.8 Å². The largest absolute Gasteiger partial charge is 0.508 e. The summed E-state index contributed by atoms with van der Waals surface area (Å²) in [5, 5.41) is 41.8. The summed E-state index contributed by atoms with van der Waals surface area (Å²) >= 11 is 0. The predicted octanol–water partition coefficient (Wildman–Crippen LogP) is 4.33. The Kier molecular flexibility index (Phi) is 8.61. The Morgan fingerprint density at radius 3 is 2.59 bits per heavy atom. The maximum absolute atomic E-state index is 13.3. The molecule has 0 saturated heterocycles. The number of aliphatic imine (C=N–C) groups is 1. The van der Waals surface area contributed by atoms with Crippen molar-refractivity contribution in [2.75, 3.05) is 18.9 Å². The number of aliphatic hydroxyl groups excluding tert-OH is 1. The molecule has 3 aromatic carbocycles. The van der Waals surface area contributed by atoms with E-state index in [2.05, 4.69) is 30.1 Å². The monoisotopic (exact) mass is 689 g/mol. The minimum Gasteiger partial charge on any atom is -0.508 e. The fourth-order valence-electron chi connectivity index (χ4n) is 6.58. The smallest absolute Gasteiger partial charge is 0.348 e. The number of carbonyl (C=O) groups excluding carboxylic acids is 1. The summed E-state index contributed by atoms with van der Waals surface area (Å²) in [6.45, 7) is 4.88. The van der Waals surface area contributed by atoms with Gasteiger partial charge in [-0.1, -0.05) is 26.0 Å². The number of phenols is 2. The van der Waals surface area contributed by atoms with Gasteiger partial charge in [-0.2, -0.15) is 5.10 Å². The number of fused-ring (bicyclic) bond motifs is 2. The van der Waals surface area contributed by atoms with Gasteiger partial charge in [0.05, 0.1) is 11.3 Å². The highest BCUT2D eigenvalue weighted by Crippen LogP contribution is 2.37. The molecule has 262 valence electrons. The molecule has 0 fully saturated rings. The molecule has 51 heavy (non-hydrogen) atoms. The number of hydrogen-bond donors (Lipinski definition) is 7. The van der Waals surface area contributed by atoms with Gasteiger partial charge in [-0.15, -0.1) is 0 Å². The number of benzene rings is 3. The number of aliphatic hydroxyl groups is 1. The number of hydrogen-bond acceptors (Lipinski definition) is 9. The van der Waals surface area contributed by atoms with Gasteiger partial charge in [0.25, 0.3) is 5.91 Å². The Morgan fingerprint density at radius 2 is 1.82 bits per heavy atom. The van der Waals surface area contributed by atoms with E-state index in [1.807, 2.05) is 74.8 Å². The lowest BCUT2D eigenvalue weighted by atomic mass is 9.98. The molecule has 14 heteroatoms. The first-order valence-corrected chi connectivity index (χ1v) is 16.6. The van der Waals surface area contributed by atoms with Crippen molar-refractivity contribution < 1.29 is 20.1 Å². The minimum atomic E-state index is -1.01. The molecule has 14 nitrogen and oxygen atoms in total. The van der Waals surface area contributed by atoms with E-state index in [9.17, 15) is 24.9 Å². The molecule has 7 rings (SSSR count). The van der Waals surface area contributed by atoms with Crippen molar-refractivity contribution in [1.82, 2.24) is 29.2 Å². The maximum Gasteiger partial charge on any atom is 0.348 e. The van der Waals surface area contributed by atoms with Crippen molar-refractivity contribution in [2.24, 2.45) is 10.7 Å². The van der Waals surface area contributed by atoms with Crippen molar-refractivity contribution >= 4 is 28.6 Å². The Hall–Kier alpha value is -6.28. The first-order chi connectivity index (χ1) is 24.5. The normalized spacial score (nSPS) is 14.1. The summed E-state index contributed by atoms with van der Waals surface area (Å²) in [6.07, 6.45) is 4.19. The molecular formula is C37H39N9O5. The highest BCUT2D eigenvalue weighted by Gasteiger charge is 2.24. The van der Waals surface area contributed by atoms with Gasteiger partial charge < -0.3 is 40.8 Å². The van der Waals surface area contributed by atoms with Gasteiger partial charge in [-0.05, 0) is 77.9 Å². The van der Waals surface area contributed by atoms with Gasteiger partial charge in [0.2, 0.25) is 0 Å². The number of likely N-dealkylation sites (N-methyl/N-ethyl adjacent to an activating group) is 1. The molecule has 1 atom stereocenters. The van der Waals surface area contributed by atoms with Gasteiger partial charge in [0.15, 0.2) is 18.0 Å². The average molecular weight is 690 g/mol. The van der Waals surface area contributed by atoms with E-state index in [4.69, 9.17) is 5.73 Å². The lowest BCUT2D eigenvalue weighted by Crippen LogP contribution is -2.30. The zero-order valence-electron chi connectivity index (χ0n) is 28.4. The van der Waals surface area contributed by atoms with E-state index in [1.165, 1.54) is 10.6 Å². The Bertz CT molecular complexity index is 2350. The second-order valence-electron chi connectivity index (χ2n) is 13.1. The molecule has 3 aromatic heterocycles. The van der Waals surface area contributed by atoms with Crippen LogP contribution in [0.3, 0.4) is 0 Å². The number of H-pyrrole nitrogens is 2. The predicted molar refractivity (Wildman–Crippen MR) is 194 cm³/mol. The first kappa shape index (κ1) is 33.2. The number of nitrogens with two attached hydrogens (primary N) is 1. The lowest BCUT2D eigenvalue weighted by molar-refractivity contribution is 0.0790. The molecule has 1 aliphatic rings. The van der Waals surface area contributed by atoms with Gasteiger partial charge in [0.1, 0.15) is 17.3 Å². The van der Waals surface area contributed by atoms with Crippen LogP contribution in [0.25, 0.3) is 28.0 Å². The number of guanidine groups is 1. The third-order valence-corrected chi connectivity index (χ3v) is 9.38. The third kappa shape index (κ3) is 6.32. The topological polar surface area (TPSA) is 203 Å². The first-order valence-electron chi connectivity index (χ1n) is 16.6. The number of aromatic amines is 2. The second kappa shape index (κ2) is 13.2. The zero-order valence-corrected chi connectivity index (χ0v) is 28.4. The highest BCUT2D eigenvalue weighted by atomic mass is 16.3. The van der Waals surface area contributed by atoms with Gasteiger partial charge >= 0.3 is 5.69 Å². The van der Waals surface area contributed by atoms with Crippen molar-refractivity contribution in [3.8, 4) is 28.6 Å². The quantitative estimate of drug-likeness (QED) is 0.110. The van der Waals surface area contributed by atoms with Crippen LogP contribution in [0.2, 0.25) is 0 Å². The number of anilines is 1. The molecule has 4 heterocycles. The maximum atomic E-state index is 13.3. The third-order valence-electron chi connectivity index (χ3n) is 9.38. The molecule has 1 unspecified atom stereocenters. The van der Waals surface area contributed by atoms with Crippen LogP contribution in [-0.4, -0.2) is 70.0 Å². The molecule has 0 saturated carbocycles. The lowest BCUT2D eigenvalue weighted by Gasteiger charge is -2.18. The fourth-order valence-corrected chi connectivity index (χ4v) is 6.58. The summed E-state index contributed by atoms with van der Waals surface area (Å²) in [6, 6.07) is 18.0. The van der Waals surface area contributed by atoms with Gasteiger partial charge in [-0.3, -0.25) is 4.79 Å². The van der Waals surface area contributed by atoms with Crippen LogP contribution < -0.4 is 16.7 Å². The molecule has 1 aliphatic heterocycles. The van der Waals surface area contributed by atoms with Crippen LogP contribution in [0.5, 0.6) is 11.5 Å². The van der Waals surface area contributed by atoms with E-state index in [0.717, 1.165) is 28.5 Å². The molecule has 0 spiro atoms. The summed E-state index contributed by atoms with van der Waals surface area (Å²) in [5.41, 5.74) is 11.0. The number of amides is 1. The van der Waals surface area contributed by atoms with Crippen LogP contribution in [-0.2, 0) is 19.4 Å². The number of aryl methyl sites for hydroxylation is 2. The highest BCUT2D eigenvalue weighted by molar-refractivity contribution is 5.94. The molecule has 0 radical (unpaired) electrons. The van der Waals surface area contributed by atoms with Gasteiger partial charge in [-0.25, -0.2) is 19.5 Å². The summed E-state index contributed by atoms with van der Waals surface area (Å²) in [5.74, 6) is 0.731. The Labute approximate surface area is 292 Å². The number of phenolic OH excluding ortho intramolecular Hbond substituents is 2. The zero-order chi connectivity index (χ0) is 36.0. The molecule has 8 N–H and O–H groups in total. The molecule has 0 bridgehead atoms. The number of rotatable bonds is 10. The van der Waals surface area contributed by atoms with E-state index >= 15 is 0 Å². The number of nitrogens with zero attached hydrogens (tertiary/aromatic N) is 5. The Balaban J connectivity index is 1.01. The van der Waals surface area contributed by atoms with Crippen LogP contribution in [0, 0.1) is 0 Å². The standard InChI is InChI=1S/C37H39N9O5/c1-20(2)26-17-27(30(48)18-29(26)47)33-42-43-37(51)46(33)25-10-11-28-23(16-25)12-13-45(28)15-14-44(3)35(50)22-7-4-21(5-8-22)6-9-24-19-39-32-31(24)34(49)41-36(38)40-32/h4-5,7-8,10-13,16-20,34,39,47-49H,6,9,14-15H2,1-3H3,(H,43,51)(H3,38,40,41). The summed E-state index contributed by atoms with van der Waals surface area (Å²) < 4.78 is 3.45. The van der Waals surface area contributed by atoms with Crippen LogP contribution >= 0.6 is 0 Å². The van der Waals surface area contributed by atoms with E-state index in [-0.39, 0.29) is 35.1 Å². The van der Waals surface area contributed by atoms with Crippen molar-refractivity contribution in [3.05, 3.63) is 111 Å². The summed E-state index contributed by atoms with van der Waals surface area (Å²) in [4.78, 5) is 35.0. The SMILES string of the molecule is CC(C)c1cc(-c2n[nH]c(=O)n2-c2ccc3c(ccn3CCN(C)C(=O)c3ccc(CCc4c[nH]c5c4C(O)N=C(N)N5)cc3)c2)c(O)cc1O. The van der Waals surface area contributed by atoms with Crippen molar-refractivity contribution in [1.29, 1.82) is 0 Å². The molecule has 0 aliphatic carbocycles. The molecule has 6 aromatic rings. The fraction of sp³-hybridized carbons (Fsp3) is 0.243. The second-order valence-corrected chi connectivity index (χ2v) is 13.1. The number of aromatic nitrogens is 5. The summed E-state index contributed by atoms with van der Waals surface area (Å²) in [7, 11) is 1.78. The number of nitrogens with one attached hydrogen (secondary N) is 3. The van der Waals surface area contributed by atoms with E-state index in [0.29, 0.717) is 53.3 Å². The van der Waals surface area contributed by atoms with E-state index < -0.39 is 11.9 Å². The van der Waals surface area contributed by atoms with Crippen molar-refractivity contribution in [2.45, 2.75) is 45.4 Å². The molecule has 1 amide bonds. The van der Waals surface area contributed by atoms with Crippen LogP contribution in [0.1, 0.15) is 58.6 Å². The molecular weight excluding hydrogens is 650 g/mol. The van der Waals surface area contributed by atoms with Crippen LogP contribution in [0.4, 0.5) is 5.82 Å². The minimum absolute atomic E-state index is 0.0151. The van der Waals surface area contributed by atoms with Crippen molar-refractivity contribution in [3.63, 3.8) is 0 Å². The number of carbonyl (C=O) groups is 1. The number of aromatic hydroxyl groups is 2. The van der Waals surface area contributed by atoms with E-state index in [1.54, 1.807) is 18.0 Å².